The molecule has 0 bridgehead atoms. The van der Waals surface area contributed by atoms with E-state index in [0.717, 1.165) is 0 Å². The molecule has 1 aromatic carbocycles. The molecule has 21 heavy (non-hydrogen) atoms. The van der Waals surface area contributed by atoms with Gasteiger partial charge in [-0.3, -0.25) is 0 Å². The Bertz CT molecular complexity index is 585. The molecule has 0 heterocycles. The van der Waals surface area contributed by atoms with Gasteiger partial charge in [0.1, 0.15) is 0 Å². The van der Waals surface area contributed by atoms with Crippen LogP contribution in [0.2, 0.25) is 0 Å². The molecule has 0 aliphatic heterocycles. The summed E-state index contributed by atoms with van der Waals surface area (Å²) in [7, 11) is 1.57. The van der Waals surface area contributed by atoms with Crippen molar-refractivity contribution in [3.05, 3.63) is 16.6 Å². The summed E-state index contributed by atoms with van der Waals surface area (Å²) in [6, 6.07) is 2.81. The van der Waals surface area contributed by atoms with Gasteiger partial charge in [0.15, 0.2) is 11.5 Å². The summed E-state index contributed by atoms with van der Waals surface area (Å²) in [6.07, 6.45) is 0. The van der Waals surface area contributed by atoms with Gasteiger partial charge in [-0.1, -0.05) is 27.7 Å². The van der Waals surface area contributed by atoms with Gasteiger partial charge in [-0.25, -0.2) is 8.42 Å². The van der Waals surface area contributed by atoms with E-state index in [1.165, 1.54) is 12.1 Å². The van der Waals surface area contributed by atoms with E-state index in [2.05, 4.69) is 15.9 Å². The second-order valence-corrected chi connectivity index (χ2v) is 9.00. The van der Waals surface area contributed by atoms with Crippen molar-refractivity contribution in [1.82, 2.24) is 0 Å². The monoisotopic (exact) mass is 398 g/mol. The number of rotatable bonds is 7. The Morgan fingerprint density at radius 1 is 1.10 bits per heavy atom. The topological polar surface area (TPSA) is 52.6 Å². The van der Waals surface area contributed by atoms with E-state index < -0.39 is 9.05 Å². The average Bonchev–Trinajstić information content (AvgIpc) is 2.32. The zero-order valence-corrected chi connectivity index (χ0v) is 15.7. The lowest BCUT2D eigenvalue weighted by atomic mass is 10.2. The number of benzene rings is 1. The minimum Gasteiger partial charge on any atom is -0.489 e. The van der Waals surface area contributed by atoms with E-state index in [1.807, 2.05) is 27.7 Å². The van der Waals surface area contributed by atoms with Gasteiger partial charge >= 0.3 is 0 Å². The van der Waals surface area contributed by atoms with Crippen LogP contribution in [0.3, 0.4) is 0 Å². The second kappa shape index (κ2) is 7.70. The van der Waals surface area contributed by atoms with E-state index in [1.54, 1.807) is 0 Å². The molecule has 0 radical (unpaired) electrons. The van der Waals surface area contributed by atoms with Gasteiger partial charge < -0.3 is 9.47 Å². The Morgan fingerprint density at radius 2 is 1.62 bits per heavy atom. The fourth-order valence-electron chi connectivity index (χ4n) is 1.44. The standard InChI is InChI=1S/C14H20BrClO4S/c1-9(2)7-19-13-6-11(21(16,17)18)5-12(15)14(13)20-8-10(3)4/h5-6,9-10H,7-8H2,1-4H3. The van der Waals surface area contributed by atoms with Crippen molar-refractivity contribution >= 4 is 35.7 Å². The van der Waals surface area contributed by atoms with Gasteiger partial charge in [0.05, 0.1) is 22.6 Å². The van der Waals surface area contributed by atoms with Crippen LogP contribution in [0, 0.1) is 11.8 Å². The maximum Gasteiger partial charge on any atom is 0.261 e. The molecule has 1 rings (SSSR count). The molecule has 4 nitrogen and oxygen atoms in total. The first kappa shape index (κ1) is 18.6. The highest BCUT2D eigenvalue weighted by Gasteiger charge is 2.19. The molecule has 0 fully saturated rings. The average molecular weight is 400 g/mol. The van der Waals surface area contributed by atoms with Crippen molar-refractivity contribution in [3.63, 3.8) is 0 Å². The first-order valence-electron chi connectivity index (χ1n) is 6.65. The van der Waals surface area contributed by atoms with Crippen LogP contribution >= 0.6 is 26.6 Å². The van der Waals surface area contributed by atoms with Crippen molar-refractivity contribution in [3.8, 4) is 11.5 Å². The third-order valence-electron chi connectivity index (χ3n) is 2.40. The van der Waals surface area contributed by atoms with Crippen LogP contribution in [-0.4, -0.2) is 21.6 Å². The Balaban J connectivity index is 3.20. The summed E-state index contributed by atoms with van der Waals surface area (Å²) in [5.41, 5.74) is 0. The summed E-state index contributed by atoms with van der Waals surface area (Å²) in [6.45, 7) is 9.03. The van der Waals surface area contributed by atoms with Gasteiger partial charge in [-0.2, -0.15) is 0 Å². The molecule has 0 N–H and O–H groups in total. The normalized spacial score (nSPS) is 12.0. The highest BCUT2D eigenvalue weighted by molar-refractivity contribution is 9.10. The highest BCUT2D eigenvalue weighted by atomic mass is 79.9. The Hall–Kier alpha value is -0.460. The maximum atomic E-state index is 11.5. The molecule has 0 aromatic heterocycles. The van der Waals surface area contributed by atoms with Crippen LogP contribution in [0.5, 0.6) is 11.5 Å². The van der Waals surface area contributed by atoms with Crippen molar-refractivity contribution in [2.45, 2.75) is 32.6 Å². The Morgan fingerprint density at radius 3 is 2.10 bits per heavy atom. The zero-order valence-electron chi connectivity index (χ0n) is 12.5. The number of ether oxygens (including phenoxy) is 2. The molecule has 0 spiro atoms. The largest absolute Gasteiger partial charge is 0.489 e. The predicted octanol–water partition coefficient (Wildman–Crippen LogP) is 4.45. The van der Waals surface area contributed by atoms with Crippen molar-refractivity contribution < 1.29 is 17.9 Å². The lowest BCUT2D eigenvalue weighted by Gasteiger charge is -2.17. The van der Waals surface area contributed by atoms with E-state index in [0.29, 0.717) is 41.0 Å². The van der Waals surface area contributed by atoms with Gasteiger partial charge in [0.2, 0.25) is 0 Å². The summed E-state index contributed by atoms with van der Waals surface area (Å²) in [4.78, 5) is -0.0216. The van der Waals surface area contributed by atoms with Crippen LogP contribution in [-0.2, 0) is 9.05 Å². The second-order valence-electron chi connectivity index (χ2n) is 5.58. The minimum atomic E-state index is -3.83. The SMILES string of the molecule is CC(C)COc1cc(S(=O)(=O)Cl)cc(Br)c1OCC(C)C. The first-order valence-corrected chi connectivity index (χ1v) is 9.75. The molecule has 1 aromatic rings. The van der Waals surface area contributed by atoms with Gasteiger partial charge in [-0.05, 0) is 33.8 Å². The quantitative estimate of drug-likeness (QED) is 0.636. The highest BCUT2D eigenvalue weighted by Crippen LogP contribution is 2.39. The molecule has 120 valence electrons. The number of hydrogen-bond acceptors (Lipinski definition) is 4. The molecular formula is C14H20BrClO4S. The molecule has 0 aliphatic carbocycles. The third kappa shape index (κ3) is 6.04. The minimum absolute atomic E-state index is 0.0216. The molecule has 0 saturated carbocycles. The van der Waals surface area contributed by atoms with Gasteiger partial charge in [0.25, 0.3) is 9.05 Å². The molecule has 0 atom stereocenters. The summed E-state index contributed by atoms with van der Waals surface area (Å²) in [5.74, 6) is 1.51. The van der Waals surface area contributed by atoms with Crippen LogP contribution in [0.15, 0.2) is 21.5 Å². The van der Waals surface area contributed by atoms with Crippen LogP contribution < -0.4 is 9.47 Å². The number of hydrogen-bond donors (Lipinski definition) is 0. The molecule has 7 heteroatoms. The number of halogens is 2. The van der Waals surface area contributed by atoms with Crippen LogP contribution in [0.25, 0.3) is 0 Å². The summed E-state index contributed by atoms with van der Waals surface area (Å²) < 4.78 is 34.9. The molecule has 0 unspecified atom stereocenters. The predicted molar refractivity (Wildman–Crippen MR) is 87.8 cm³/mol. The van der Waals surface area contributed by atoms with Crippen LogP contribution in [0.1, 0.15) is 27.7 Å². The van der Waals surface area contributed by atoms with Crippen molar-refractivity contribution in [1.29, 1.82) is 0 Å². The molecule has 0 aliphatic rings. The Labute approximate surface area is 139 Å². The molecule has 0 amide bonds. The van der Waals surface area contributed by atoms with Crippen molar-refractivity contribution in [2.24, 2.45) is 11.8 Å². The van der Waals surface area contributed by atoms with Crippen LogP contribution in [0.4, 0.5) is 0 Å². The summed E-state index contributed by atoms with van der Waals surface area (Å²) >= 11 is 3.32. The maximum absolute atomic E-state index is 11.5. The smallest absolute Gasteiger partial charge is 0.261 e. The lowest BCUT2D eigenvalue weighted by Crippen LogP contribution is -2.10. The Kier molecular flexibility index (Phi) is 6.81. The fourth-order valence-corrected chi connectivity index (χ4v) is 2.92. The first-order chi connectivity index (χ1) is 9.61. The van der Waals surface area contributed by atoms with E-state index in [9.17, 15) is 8.42 Å². The zero-order chi connectivity index (χ0) is 16.2. The van der Waals surface area contributed by atoms with Gasteiger partial charge in [-0.15, -0.1) is 0 Å². The summed E-state index contributed by atoms with van der Waals surface area (Å²) in [5, 5.41) is 0. The van der Waals surface area contributed by atoms with E-state index >= 15 is 0 Å². The molecule has 0 saturated heterocycles. The van der Waals surface area contributed by atoms with Crippen molar-refractivity contribution in [2.75, 3.05) is 13.2 Å². The lowest BCUT2D eigenvalue weighted by molar-refractivity contribution is 0.227. The van der Waals surface area contributed by atoms with E-state index in [4.69, 9.17) is 20.2 Å². The fraction of sp³-hybridized carbons (Fsp3) is 0.571. The molecular weight excluding hydrogens is 380 g/mol. The van der Waals surface area contributed by atoms with Gasteiger partial charge in [0, 0.05) is 16.7 Å². The third-order valence-corrected chi connectivity index (χ3v) is 4.32. The van der Waals surface area contributed by atoms with E-state index in [-0.39, 0.29) is 4.90 Å².